The molecule has 3 rings (SSSR count). The number of carbonyl (C=O) groups excluding carboxylic acids is 1. The van der Waals surface area contributed by atoms with Crippen molar-refractivity contribution in [2.45, 2.75) is 50.6 Å². The molecular formula is C19H28BrN3O. The van der Waals surface area contributed by atoms with E-state index in [2.05, 4.69) is 20.8 Å². The van der Waals surface area contributed by atoms with Crippen molar-refractivity contribution in [3.63, 3.8) is 0 Å². The van der Waals surface area contributed by atoms with Gasteiger partial charge in [-0.2, -0.15) is 0 Å². The smallest absolute Gasteiger partial charge is 0.247 e. The van der Waals surface area contributed by atoms with E-state index >= 15 is 0 Å². The first kappa shape index (κ1) is 17.9. The van der Waals surface area contributed by atoms with Crippen molar-refractivity contribution < 1.29 is 4.79 Å². The summed E-state index contributed by atoms with van der Waals surface area (Å²) in [4.78, 5) is 17.6. The Kier molecular flexibility index (Phi) is 5.63. The van der Waals surface area contributed by atoms with Gasteiger partial charge in [-0.15, -0.1) is 0 Å². The summed E-state index contributed by atoms with van der Waals surface area (Å²) in [5.41, 5.74) is 6.35. The molecule has 132 valence electrons. The van der Waals surface area contributed by atoms with Gasteiger partial charge in [0.25, 0.3) is 0 Å². The summed E-state index contributed by atoms with van der Waals surface area (Å²) in [6, 6.07) is 8.49. The Labute approximate surface area is 153 Å². The zero-order valence-corrected chi connectivity index (χ0v) is 16.1. The number of carbonyl (C=O) groups is 1. The van der Waals surface area contributed by atoms with Gasteiger partial charge < -0.3 is 10.6 Å². The maximum atomic E-state index is 13.1. The number of nitrogens with zero attached hydrogens (tertiary/aromatic N) is 2. The maximum absolute atomic E-state index is 13.1. The average Bonchev–Trinajstić information content (AvgIpc) is 2.99. The summed E-state index contributed by atoms with van der Waals surface area (Å²) >= 11 is 3.43. The molecule has 0 spiro atoms. The molecule has 4 nitrogen and oxygen atoms in total. The van der Waals surface area contributed by atoms with Crippen LogP contribution in [0.5, 0.6) is 0 Å². The molecule has 1 aliphatic carbocycles. The molecule has 0 bridgehead atoms. The largest absolute Gasteiger partial charge is 0.339 e. The van der Waals surface area contributed by atoms with Crippen LogP contribution in [0.25, 0.3) is 0 Å². The monoisotopic (exact) mass is 393 g/mol. The maximum Gasteiger partial charge on any atom is 0.247 e. The molecule has 1 saturated carbocycles. The minimum absolute atomic E-state index is 0.0399. The van der Waals surface area contributed by atoms with E-state index in [1.54, 1.807) is 0 Å². The molecule has 24 heavy (non-hydrogen) atoms. The van der Waals surface area contributed by atoms with Crippen LogP contribution < -0.4 is 5.73 Å². The first-order valence-corrected chi connectivity index (χ1v) is 9.86. The van der Waals surface area contributed by atoms with Gasteiger partial charge in [-0.1, -0.05) is 40.9 Å². The highest BCUT2D eigenvalue weighted by Crippen LogP contribution is 2.26. The van der Waals surface area contributed by atoms with E-state index in [0.29, 0.717) is 0 Å². The lowest BCUT2D eigenvalue weighted by atomic mass is 9.91. The third kappa shape index (κ3) is 3.84. The molecule has 2 N–H and O–H groups in total. The molecule has 1 amide bonds. The number of nitrogens with two attached hydrogens (primary N) is 1. The zero-order valence-electron chi connectivity index (χ0n) is 14.5. The van der Waals surface area contributed by atoms with Crippen LogP contribution in [0, 0.1) is 0 Å². The van der Waals surface area contributed by atoms with Gasteiger partial charge in [0, 0.05) is 36.7 Å². The van der Waals surface area contributed by atoms with Crippen molar-refractivity contribution in [3.8, 4) is 0 Å². The van der Waals surface area contributed by atoms with Gasteiger partial charge in [0.05, 0.1) is 0 Å². The predicted molar refractivity (Wildman–Crippen MR) is 101 cm³/mol. The molecule has 1 atom stereocenters. The molecule has 0 radical (unpaired) electrons. The summed E-state index contributed by atoms with van der Waals surface area (Å²) in [5.74, 6) is 0.0399. The highest BCUT2D eigenvalue weighted by atomic mass is 79.9. The molecule has 1 aromatic rings. The summed E-state index contributed by atoms with van der Waals surface area (Å²) in [5, 5.41) is 0. The molecule has 1 unspecified atom stereocenters. The number of rotatable bonds is 3. The first-order chi connectivity index (χ1) is 11.5. The molecule has 2 fully saturated rings. The third-order valence-corrected chi connectivity index (χ3v) is 6.08. The van der Waals surface area contributed by atoms with Crippen LogP contribution in [0.2, 0.25) is 0 Å². The first-order valence-electron chi connectivity index (χ1n) is 9.07. The fourth-order valence-electron chi connectivity index (χ4n) is 4.02. The summed E-state index contributed by atoms with van der Waals surface area (Å²) in [7, 11) is 0. The van der Waals surface area contributed by atoms with E-state index in [-0.39, 0.29) is 5.91 Å². The lowest BCUT2D eigenvalue weighted by molar-refractivity contribution is -0.136. The molecule has 1 aromatic carbocycles. The Balaban J connectivity index is 1.66. The van der Waals surface area contributed by atoms with Crippen LogP contribution in [0.15, 0.2) is 28.7 Å². The molecule has 1 saturated heterocycles. The van der Waals surface area contributed by atoms with Crippen molar-refractivity contribution in [2.75, 3.05) is 26.2 Å². The van der Waals surface area contributed by atoms with Gasteiger partial charge in [-0.05, 0) is 43.9 Å². The lowest BCUT2D eigenvalue weighted by Crippen LogP contribution is -2.52. The van der Waals surface area contributed by atoms with Gasteiger partial charge in [0.1, 0.15) is 5.54 Å². The minimum atomic E-state index is -0.969. The van der Waals surface area contributed by atoms with Crippen LogP contribution in [0.3, 0.4) is 0 Å². The number of amides is 1. The normalized spacial score (nSPS) is 23.0. The van der Waals surface area contributed by atoms with E-state index in [1.807, 2.05) is 36.1 Å². The number of benzene rings is 1. The van der Waals surface area contributed by atoms with E-state index < -0.39 is 5.54 Å². The Morgan fingerprint density at radius 2 is 1.75 bits per heavy atom. The van der Waals surface area contributed by atoms with Gasteiger partial charge in [-0.25, -0.2) is 0 Å². The third-order valence-electron chi connectivity index (χ3n) is 5.55. The summed E-state index contributed by atoms with van der Waals surface area (Å²) < 4.78 is 0.997. The van der Waals surface area contributed by atoms with Gasteiger partial charge in [0.15, 0.2) is 0 Å². The molecule has 1 heterocycles. The number of hydrogen-bond acceptors (Lipinski definition) is 3. The second-order valence-electron chi connectivity index (χ2n) is 7.33. The molecular weight excluding hydrogens is 366 g/mol. The highest BCUT2D eigenvalue weighted by molar-refractivity contribution is 9.10. The zero-order chi connectivity index (χ0) is 17.2. The Hall–Kier alpha value is -0.910. The summed E-state index contributed by atoms with van der Waals surface area (Å²) in [6.45, 7) is 5.52. The SMILES string of the molecule is CC(N)(C(=O)N1CCCN(C2CCCC2)CC1)c1ccc(Br)cc1. The van der Waals surface area contributed by atoms with Gasteiger partial charge in [0.2, 0.25) is 5.91 Å². The molecule has 5 heteroatoms. The van der Waals surface area contributed by atoms with Gasteiger partial charge >= 0.3 is 0 Å². The fourth-order valence-corrected chi connectivity index (χ4v) is 4.29. The van der Waals surface area contributed by atoms with E-state index in [9.17, 15) is 4.79 Å². The Morgan fingerprint density at radius 1 is 1.08 bits per heavy atom. The fraction of sp³-hybridized carbons (Fsp3) is 0.632. The molecule has 1 aliphatic heterocycles. The van der Waals surface area contributed by atoms with Crippen molar-refractivity contribution in [2.24, 2.45) is 5.73 Å². The highest BCUT2D eigenvalue weighted by Gasteiger charge is 2.35. The van der Waals surface area contributed by atoms with Crippen molar-refractivity contribution in [3.05, 3.63) is 34.3 Å². The van der Waals surface area contributed by atoms with Crippen molar-refractivity contribution in [1.29, 1.82) is 0 Å². The van der Waals surface area contributed by atoms with Crippen LogP contribution >= 0.6 is 15.9 Å². The second-order valence-corrected chi connectivity index (χ2v) is 8.24. The number of halogens is 1. The van der Waals surface area contributed by atoms with Crippen LogP contribution in [0.1, 0.15) is 44.6 Å². The van der Waals surface area contributed by atoms with Crippen molar-refractivity contribution in [1.82, 2.24) is 9.80 Å². The predicted octanol–water partition coefficient (Wildman–Crippen LogP) is 3.10. The number of hydrogen-bond donors (Lipinski definition) is 1. The van der Waals surface area contributed by atoms with E-state index in [0.717, 1.165) is 48.7 Å². The lowest BCUT2D eigenvalue weighted by Gasteiger charge is -2.32. The average molecular weight is 394 g/mol. The van der Waals surface area contributed by atoms with Crippen molar-refractivity contribution >= 4 is 21.8 Å². The Bertz CT molecular complexity index is 566. The van der Waals surface area contributed by atoms with E-state index in [4.69, 9.17) is 5.73 Å². The van der Waals surface area contributed by atoms with E-state index in [1.165, 1.54) is 25.7 Å². The van der Waals surface area contributed by atoms with Gasteiger partial charge in [-0.3, -0.25) is 9.69 Å². The Morgan fingerprint density at radius 3 is 2.42 bits per heavy atom. The summed E-state index contributed by atoms with van der Waals surface area (Å²) in [6.07, 6.45) is 6.39. The quantitative estimate of drug-likeness (QED) is 0.857. The topological polar surface area (TPSA) is 49.6 Å². The standard InChI is InChI=1S/C19H28BrN3O/c1-19(21,15-7-9-16(20)10-8-15)18(24)23-12-4-11-22(13-14-23)17-5-2-3-6-17/h7-10,17H,2-6,11-14,21H2,1H3. The second kappa shape index (κ2) is 7.54. The molecule has 0 aromatic heterocycles. The van der Waals surface area contributed by atoms with Crippen LogP contribution in [-0.2, 0) is 10.3 Å². The minimum Gasteiger partial charge on any atom is -0.339 e. The van der Waals surface area contributed by atoms with Crippen LogP contribution in [-0.4, -0.2) is 47.9 Å². The van der Waals surface area contributed by atoms with Crippen LogP contribution in [0.4, 0.5) is 0 Å². The molecule has 2 aliphatic rings.